The molecule has 112 valence electrons. The molecule has 0 saturated carbocycles. The molecular weight excluding hydrogens is 255 g/mol. The summed E-state index contributed by atoms with van der Waals surface area (Å²) in [5.41, 5.74) is 7.40. The summed E-state index contributed by atoms with van der Waals surface area (Å²) in [6.45, 7) is 7.98. The molecule has 1 aliphatic rings. The molecule has 1 heterocycles. The zero-order valence-corrected chi connectivity index (χ0v) is 12.7. The first kappa shape index (κ1) is 14.9. The molecular formula is C16H25FN2O. The number of anilines is 2. The molecule has 0 radical (unpaired) electrons. The Morgan fingerprint density at radius 2 is 2.20 bits per heavy atom. The monoisotopic (exact) mass is 280 g/mol. The number of ether oxygens (including phenoxy) is 1. The van der Waals surface area contributed by atoms with Crippen molar-refractivity contribution in [3.8, 4) is 5.75 Å². The third-order valence-electron chi connectivity index (χ3n) is 3.88. The minimum atomic E-state index is -0.385. The lowest BCUT2D eigenvalue weighted by Gasteiger charge is -2.35. The van der Waals surface area contributed by atoms with Crippen LogP contribution in [0.15, 0.2) is 12.1 Å². The van der Waals surface area contributed by atoms with Crippen LogP contribution in [0.1, 0.15) is 40.0 Å². The summed E-state index contributed by atoms with van der Waals surface area (Å²) in [5, 5.41) is 0. The molecule has 0 aromatic heterocycles. The topological polar surface area (TPSA) is 38.5 Å². The van der Waals surface area contributed by atoms with Crippen molar-refractivity contribution in [2.24, 2.45) is 5.92 Å². The molecule has 1 aromatic rings. The smallest absolute Gasteiger partial charge is 0.167 e. The van der Waals surface area contributed by atoms with E-state index in [9.17, 15) is 4.39 Å². The second kappa shape index (κ2) is 6.33. The van der Waals surface area contributed by atoms with Gasteiger partial charge in [-0.3, -0.25) is 0 Å². The van der Waals surface area contributed by atoms with Gasteiger partial charge in [-0.2, -0.15) is 0 Å². The van der Waals surface area contributed by atoms with E-state index in [1.165, 1.54) is 18.9 Å². The van der Waals surface area contributed by atoms with Gasteiger partial charge in [-0.1, -0.05) is 13.3 Å². The Morgan fingerprint density at radius 1 is 1.45 bits per heavy atom. The van der Waals surface area contributed by atoms with Crippen LogP contribution in [-0.4, -0.2) is 19.2 Å². The van der Waals surface area contributed by atoms with E-state index in [1.807, 2.05) is 13.8 Å². The van der Waals surface area contributed by atoms with Crippen molar-refractivity contribution in [1.82, 2.24) is 0 Å². The van der Waals surface area contributed by atoms with Crippen LogP contribution < -0.4 is 15.4 Å². The molecule has 0 spiro atoms. The van der Waals surface area contributed by atoms with Crippen molar-refractivity contribution in [2.75, 3.05) is 23.7 Å². The van der Waals surface area contributed by atoms with E-state index in [1.54, 1.807) is 6.07 Å². The van der Waals surface area contributed by atoms with Crippen molar-refractivity contribution in [3.63, 3.8) is 0 Å². The van der Waals surface area contributed by atoms with E-state index in [0.29, 0.717) is 17.4 Å². The maximum atomic E-state index is 13.9. The van der Waals surface area contributed by atoms with Gasteiger partial charge in [0.15, 0.2) is 11.6 Å². The third-order valence-corrected chi connectivity index (χ3v) is 3.88. The Morgan fingerprint density at radius 3 is 2.85 bits per heavy atom. The van der Waals surface area contributed by atoms with Crippen molar-refractivity contribution in [3.05, 3.63) is 17.9 Å². The molecule has 1 aliphatic heterocycles. The molecule has 0 aliphatic carbocycles. The standard InChI is InChI=1S/C16H25FN2O/c1-4-12-6-5-7-19(10-12)15-9-16(20-11(2)3)13(17)8-14(15)18/h8-9,11-12H,4-7,10,18H2,1-3H3. The van der Waals surface area contributed by atoms with E-state index in [2.05, 4.69) is 11.8 Å². The number of hydrogen-bond acceptors (Lipinski definition) is 3. The minimum Gasteiger partial charge on any atom is -0.488 e. The van der Waals surface area contributed by atoms with E-state index < -0.39 is 0 Å². The molecule has 3 nitrogen and oxygen atoms in total. The number of nitrogens with two attached hydrogens (primary N) is 1. The SMILES string of the molecule is CCC1CCCN(c2cc(OC(C)C)c(F)cc2N)C1. The number of nitrogens with zero attached hydrogens (tertiary/aromatic N) is 1. The fraction of sp³-hybridized carbons (Fsp3) is 0.625. The van der Waals surface area contributed by atoms with Crippen molar-refractivity contribution in [1.29, 1.82) is 0 Å². The second-order valence-electron chi connectivity index (χ2n) is 5.87. The van der Waals surface area contributed by atoms with Crippen LogP contribution in [0.4, 0.5) is 15.8 Å². The normalized spacial score (nSPS) is 19.4. The number of benzene rings is 1. The number of nitrogen functional groups attached to an aromatic ring is 1. The van der Waals surface area contributed by atoms with Crippen molar-refractivity contribution >= 4 is 11.4 Å². The lowest BCUT2D eigenvalue weighted by atomic mass is 9.95. The molecule has 2 rings (SSSR count). The van der Waals surface area contributed by atoms with Crippen LogP contribution in [-0.2, 0) is 0 Å². The Hall–Kier alpha value is -1.45. The van der Waals surface area contributed by atoms with Crippen LogP contribution in [0.25, 0.3) is 0 Å². The van der Waals surface area contributed by atoms with Gasteiger partial charge in [0.05, 0.1) is 17.5 Å². The molecule has 1 unspecified atom stereocenters. The van der Waals surface area contributed by atoms with E-state index in [4.69, 9.17) is 10.5 Å². The van der Waals surface area contributed by atoms with Gasteiger partial charge in [-0.05, 0) is 32.6 Å². The van der Waals surface area contributed by atoms with Gasteiger partial charge in [-0.15, -0.1) is 0 Å². The van der Waals surface area contributed by atoms with E-state index in [-0.39, 0.29) is 11.9 Å². The summed E-state index contributed by atoms with van der Waals surface area (Å²) < 4.78 is 19.4. The Bertz CT molecular complexity index is 462. The van der Waals surface area contributed by atoms with Crippen molar-refractivity contribution in [2.45, 2.75) is 46.1 Å². The summed E-state index contributed by atoms with van der Waals surface area (Å²) in [5.74, 6) is 0.606. The summed E-state index contributed by atoms with van der Waals surface area (Å²) in [7, 11) is 0. The zero-order valence-electron chi connectivity index (χ0n) is 12.7. The maximum absolute atomic E-state index is 13.9. The Balaban J connectivity index is 2.26. The number of rotatable bonds is 4. The van der Waals surface area contributed by atoms with Crippen LogP contribution >= 0.6 is 0 Å². The lowest BCUT2D eigenvalue weighted by molar-refractivity contribution is 0.231. The number of piperidine rings is 1. The predicted molar refractivity (Wildman–Crippen MR) is 81.8 cm³/mol. The van der Waals surface area contributed by atoms with Gasteiger partial charge in [0.25, 0.3) is 0 Å². The summed E-state index contributed by atoms with van der Waals surface area (Å²) in [4.78, 5) is 2.26. The molecule has 0 amide bonds. The molecule has 1 atom stereocenters. The molecule has 1 saturated heterocycles. The van der Waals surface area contributed by atoms with Gasteiger partial charge in [0, 0.05) is 25.2 Å². The highest BCUT2D eigenvalue weighted by atomic mass is 19.1. The van der Waals surface area contributed by atoms with Gasteiger partial charge < -0.3 is 15.4 Å². The number of hydrogen-bond donors (Lipinski definition) is 1. The first-order valence-corrected chi connectivity index (χ1v) is 7.51. The summed E-state index contributed by atoms with van der Waals surface area (Å²) in [6, 6.07) is 3.13. The lowest BCUT2D eigenvalue weighted by Crippen LogP contribution is -2.35. The van der Waals surface area contributed by atoms with Gasteiger partial charge in [0.2, 0.25) is 0 Å². The van der Waals surface area contributed by atoms with E-state index >= 15 is 0 Å². The van der Waals surface area contributed by atoms with Gasteiger partial charge >= 0.3 is 0 Å². The average molecular weight is 280 g/mol. The van der Waals surface area contributed by atoms with Crippen LogP contribution in [0.3, 0.4) is 0 Å². The van der Waals surface area contributed by atoms with Gasteiger partial charge in [-0.25, -0.2) is 4.39 Å². The van der Waals surface area contributed by atoms with Crippen LogP contribution in [0, 0.1) is 11.7 Å². The fourth-order valence-corrected chi connectivity index (χ4v) is 2.79. The summed E-state index contributed by atoms with van der Waals surface area (Å²) >= 11 is 0. The van der Waals surface area contributed by atoms with Crippen LogP contribution in [0.2, 0.25) is 0 Å². The molecule has 20 heavy (non-hydrogen) atoms. The van der Waals surface area contributed by atoms with E-state index in [0.717, 1.165) is 25.2 Å². The zero-order chi connectivity index (χ0) is 14.7. The highest BCUT2D eigenvalue weighted by molar-refractivity contribution is 5.70. The summed E-state index contributed by atoms with van der Waals surface area (Å²) in [6.07, 6.45) is 3.55. The molecule has 1 fully saturated rings. The number of halogens is 1. The predicted octanol–water partition coefficient (Wildman–Crippen LogP) is 3.82. The van der Waals surface area contributed by atoms with Crippen LogP contribution in [0.5, 0.6) is 5.75 Å². The average Bonchev–Trinajstić information content (AvgIpc) is 2.41. The molecule has 4 heteroatoms. The highest BCUT2D eigenvalue weighted by Crippen LogP contribution is 2.34. The molecule has 0 bridgehead atoms. The highest BCUT2D eigenvalue weighted by Gasteiger charge is 2.22. The quantitative estimate of drug-likeness (QED) is 0.852. The fourth-order valence-electron chi connectivity index (χ4n) is 2.79. The van der Waals surface area contributed by atoms with Gasteiger partial charge in [0.1, 0.15) is 0 Å². The molecule has 2 N–H and O–H groups in total. The largest absolute Gasteiger partial charge is 0.488 e. The Labute approximate surface area is 120 Å². The molecule has 1 aromatic carbocycles. The first-order chi connectivity index (χ1) is 9.51. The second-order valence-corrected chi connectivity index (χ2v) is 5.87. The van der Waals surface area contributed by atoms with Crippen molar-refractivity contribution < 1.29 is 9.13 Å². The Kier molecular flexibility index (Phi) is 4.73. The third kappa shape index (κ3) is 3.35. The first-order valence-electron chi connectivity index (χ1n) is 7.51. The maximum Gasteiger partial charge on any atom is 0.167 e. The minimum absolute atomic E-state index is 0.0503.